The van der Waals surface area contributed by atoms with E-state index in [0.29, 0.717) is 17.1 Å². The van der Waals surface area contributed by atoms with Crippen LogP contribution in [-0.2, 0) is 6.42 Å². The molecule has 0 atom stereocenters. The van der Waals surface area contributed by atoms with Crippen LogP contribution in [0.3, 0.4) is 0 Å². The summed E-state index contributed by atoms with van der Waals surface area (Å²) in [7, 11) is 0. The number of carbonyl (C=O) groups excluding carboxylic acids is 1. The number of rotatable bonds is 5. The molecular weight excluding hydrogens is 295 g/mol. The lowest BCUT2D eigenvalue weighted by molar-refractivity contribution is 0.0988. The summed E-state index contributed by atoms with van der Waals surface area (Å²) in [5.74, 6) is 0.502. The molecule has 0 aliphatic heterocycles. The number of ketones is 1. The standard InChI is InChI=1S/C18H13FN2O2/c19-14-4-1-3-13(9-14)10-18(22)17-11-15(6-8-21-17)23-16-5-2-7-20-12-16/h1-9,11-12H,10H2. The molecule has 0 amide bonds. The van der Waals surface area contributed by atoms with Gasteiger partial charge in [-0.15, -0.1) is 0 Å². The van der Waals surface area contributed by atoms with Gasteiger partial charge in [-0.05, 0) is 35.9 Å². The van der Waals surface area contributed by atoms with Gasteiger partial charge in [-0.25, -0.2) is 4.39 Å². The third kappa shape index (κ3) is 3.97. The van der Waals surface area contributed by atoms with Gasteiger partial charge in [-0.3, -0.25) is 14.8 Å². The summed E-state index contributed by atoms with van der Waals surface area (Å²) >= 11 is 0. The van der Waals surface area contributed by atoms with E-state index in [1.165, 1.54) is 18.3 Å². The maximum absolute atomic E-state index is 13.2. The smallest absolute Gasteiger partial charge is 0.185 e. The Morgan fingerprint density at radius 3 is 2.74 bits per heavy atom. The second kappa shape index (κ2) is 6.79. The quantitative estimate of drug-likeness (QED) is 0.672. The van der Waals surface area contributed by atoms with Gasteiger partial charge in [0, 0.05) is 24.9 Å². The first kappa shape index (κ1) is 14.8. The maximum atomic E-state index is 13.2. The first-order chi connectivity index (χ1) is 11.2. The summed E-state index contributed by atoms with van der Waals surface area (Å²) in [5, 5.41) is 0. The van der Waals surface area contributed by atoms with Crippen LogP contribution in [0.25, 0.3) is 0 Å². The molecule has 0 saturated carbocycles. The molecule has 0 aliphatic carbocycles. The Hall–Kier alpha value is -3.08. The normalized spacial score (nSPS) is 10.3. The molecule has 0 bridgehead atoms. The van der Waals surface area contributed by atoms with Gasteiger partial charge in [0.05, 0.1) is 6.20 Å². The minimum atomic E-state index is -0.364. The summed E-state index contributed by atoms with van der Waals surface area (Å²) in [6.45, 7) is 0. The Labute approximate surface area is 132 Å². The highest BCUT2D eigenvalue weighted by atomic mass is 19.1. The van der Waals surface area contributed by atoms with Crippen LogP contribution in [-0.4, -0.2) is 15.8 Å². The molecule has 0 saturated heterocycles. The van der Waals surface area contributed by atoms with Crippen molar-refractivity contribution in [3.63, 3.8) is 0 Å². The van der Waals surface area contributed by atoms with Gasteiger partial charge in [0.1, 0.15) is 23.0 Å². The molecule has 3 rings (SSSR count). The van der Waals surface area contributed by atoms with E-state index in [2.05, 4.69) is 9.97 Å². The first-order valence-electron chi connectivity index (χ1n) is 7.02. The minimum absolute atomic E-state index is 0.0844. The van der Waals surface area contributed by atoms with Gasteiger partial charge < -0.3 is 4.74 Å². The number of hydrogen-bond acceptors (Lipinski definition) is 4. The predicted octanol–water partition coefficient (Wildman–Crippen LogP) is 3.83. The SMILES string of the molecule is O=C(Cc1cccc(F)c1)c1cc(Oc2cccnc2)ccn1. The van der Waals surface area contributed by atoms with Gasteiger partial charge in [0.15, 0.2) is 5.78 Å². The number of aromatic nitrogens is 2. The topological polar surface area (TPSA) is 52.1 Å². The second-order valence-corrected chi connectivity index (χ2v) is 4.90. The lowest BCUT2D eigenvalue weighted by Crippen LogP contribution is -2.06. The number of hydrogen-bond donors (Lipinski definition) is 0. The highest BCUT2D eigenvalue weighted by molar-refractivity contribution is 5.96. The van der Waals surface area contributed by atoms with Crippen LogP contribution >= 0.6 is 0 Å². The number of pyridine rings is 2. The summed E-state index contributed by atoms with van der Waals surface area (Å²) in [5.41, 5.74) is 0.881. The zero-order valence-corrected chi connectivity index (χ0v) is 12.1. The van der Waals surface area contributed by atoms with E-state index in [4.69, 9.17) is 4.74 Å². The van der Waals surface area contributed by atoms with Crippen LogP contribution in [0.5, 0.6) is 11.5 Å². The van der Waals surface area contributed by atoms with Crippen LogP contribution in [0.4, 0.5) is 4.39 Å². The lowest BCUT2D eigenvalue weighted by Gasteiger charge is -2.06. The average molecular weight is 308 g/mol. The molecule has 114 valence electrons. The van der Waals surface area contributed by atoms with Crippen LogP contribution in [0.15, 0.2) is 67.1 Å². The van der Waals surface area contributed by atoms with Crippen LogP contribution in [0, 0.1) is 5.82 Å². The highest BCUT2D eigenvalue weighted by Gasteiger charge is 2.10. The van der Waals surface area contributed by atoms with Crippen molar-refractivity contribution in [2.24, 2.45) is 0 Å². The molecule has 2 aromatic heterocycles. The van der Waals surface area contributed by atoms with E-state index in [1.807, 2.05) is 0 Å². The fourth-order valence-electron chi connectivity index (χ4n) is 2.09. The van der Waals surface area contributed by atoms with E-state index in [1.54, 1.807) is 48.8 Å². The highest BCUT2D eigenvalue weighted by Crippen LogP contribution is 2.20. The van der Waals surface area contributed by atoms with E-state index in [0.717, 1.165) is 0 Å². The molecule has 0 unspecified atom stereocenters. The van der Waals surface area contributed by atoms with Gasteiger partial charge in [0.2, 0.25) is 0 Å². The summed E-state index contributed by atoms with van der Waals surface area (Å²) in [6, 6.07) is 12.7. The van der Waals surface area contributed by atoms with Crippen LogP contribution in [0.1, 0.15) is 16.1 Å². The lowest BCUT2D eigenvalue weighted by atomic mass is 10.1. The summed E-state index contributed by atoms with van der Waals surface area (Å²) in [6.07, 6.45) is 4.81. The Balaban J connectivity index is 1.75. The molecule has 4 nitrogen and oxygen atoms in total. The maximum Gasteiger partial charge on any atom is 0.185 e. The number of halogens is 1. The largest absolute Gasteiger partial charge is 0.456 e. The van der Waals surface area contributed by atoms with Gasteiger partial charge in [-0.1, -0.05) is 12.1 Å². The predicted molar refractivity (Wildman–Crippen MR) is 83.0 cm³/mol. The third-order valence-electron chi connectivity index (χ3n) is 3.14. The minimum Gasteiger partial charge on any atom is -0.456 e. The Morgan fingerprint density at radius 1 is 1.04 bits per heavy atom. The zero-order valence-electron chi connectivity index (χ0n) is 12.1. The second-order valence-electron chi connectivity index (χ2n) is 4.90. The van der Waals surface area contributed by atoms with E-state index in [9.17, 15) is 9.18 Å². The fourth-order valence-corrected chi connectivity index (χ4v) is 2.09. The number of nitrogens with zero attached hydrogens (tertiary/aromatic N) is 2. The van der Waals surface area contributed by atoms with E-state index in [-0.39, 0.29) is 23.7 Å². The Bertz CT molecular complexity index is 822. The molecule has 5 heteroatoms. The molecule has 0 spiro atoms. The molecule has 0 N–H and O–H groups in total. The van der Waals surface area contributed by atoms with Gasteiger partial charge >= 0.3 is 0 Å². The van der Waals surface area contributed by atoms with Crippen molar-refractivity contribution in [2.45, 2.75) is 6.42 Å². The molecule has 0 radical (unpaired) electrons. The Morgan fingerprint density at radius 2 is 1.96 bits per heavy atom. The molecule has 23 heavy (non-hydrogen) atoms. The van der Waals surface area contributed by atoms with Crippen molar-refractivity contribution in [2.75, 3.05) is 0 Å². The van der Waals surface area contributed by atoms with Crippen molar-refractivity contribution < 1.29 is 13.9 Å². The van der Waals surface area contributed by atoms with Crippen LogP contribution in [0.2, 0.25) is 0 Å². The molecular formula is C18H13FN2O2. The van der Waals surface area contributed by atoms with Gasteiger partial charge in [0.25, 0.3) is 0 Å². The third-order valence-corrected chi connectivity index (χ3v) is 3.14. The molecule has 1 aromatic carbocycles. The average Bonchev–Trinajstić information content (AvgIpc) is 2.56. The fraction of sp³-hybridized carbons (Fsp3) is 0.0556. The number of carbonyl (C=O) groups is 1. The Kier molecular flexibility index (Phi) is 4.38. The van der Waals surface area contributed by atoms with E-state index < -0.39 is 0 Å². The van der Waals surface area contributed by atoms with Crippen LogP contribution < -0.4 is 4.74 Å². The molecule has 0 fully saturated rings. The monoisotopic (exact) mass is 308 g/mol. The molecule has 3 aromatic rings. The number of Topliss-reactive ketones (excluding diaryl/α,β-unsaturated/α-hetero) is 1. The van der Waals surface area contributed by atoms with Crippen molar-refractivity contribution >= 4 is 5.78 Å². The first-order valence-corrected chi connectivity index (χ1v) is 7.02. The summed E-state index contributed by atoms with van der Waals surface area (Å²) < 4.78 is 18.8. The summed E-state index contributed by atoms with van der Waals surface area (Å²) in [4.78, 5) is 20.3. The van der Waals surface area contributed by atoms with Gasteiger partial charge in [-0.2, -0.15) is 0 Å². The number of ether oxygens (including phenoxy) is 1. The molecule has 0 aliphatic rings. The van der Waals surface area contributed by atoms with Crippen molar-refractivity contribution in [1.82, 2.24) is 9.97 Å². The zero-order chi connectivity index (χ0) is 16.1. The van der Waals surface area contributed by atoms with Crippen molar-refractivity contribution in [3.8, 4) is 11.5 Å². The molecule has 2 heterocycles. The van der Waals surface area contributed by atoms with Crippen molar-refractivity contribution in [1.29, 1.82) is 0 Å². The number of benzene rings is 1. The van der Waals surface area contributed by atoms with Crippen molar-refractivity contribution in [3.05, 3.63) is 84.2 Å². The van der Waals surface area contributed by atoms with E-state index >= 15 is 0 Å².